The number of carbonyl (C=O) groups is 1. The van der Waals surface area contributed by atoms with Crippen LogP contribution in [0.3, 0.4) is 0 Å². The maximum atomic E-state index is 12.7. The molecular formula is C17H22N2OS. The summed E-state index contributed by atoms with van der Waals surface area (Å²) >= 11 is 1.51. The van der Waals surface area contributed by atoms with Gasteiger partial charge in [-0.1, -0.05) is 37.5 Å². The zero-order valence-electron chi connectivity index (χ0n) is 12.5. The Balaban J connectivity index is 1.77. The van der Waals surface area contributed by atoms with Gasteiger partial charge >= 0.3 is 0 Å². The molecule has 1 aromatic heterocycles. The fourth-order valence-corrected chi connectivity index (χ4v) is 4.36. The molecule has 1 heterocycles. The van der Waals surface area contributed by atoms with Gasteiger partial charge in [-0.05, 0) is 24.8 Å². The van der Waals surface area contributed by atoms with Crippen molar-refractivity contribution in [1.82, 2.24) is 4.90 Å². The number of nitrogen functional groups attached to an aromatic ring is 1. The average Bonchev–Trinajstić information content (AvgIpc) is 2.85. The van der Waals surface area contributed by atoms with E-state index in [1.54, 1.807) is 0 Å². The Morgan fingerprint density at radius 3 is 2.71 bits per heavy atom. The Kier molecular flexibility index (Phi) is 4.15. The van der Waals surface area contributed by atoms with Crippen LogP contribution in [-0.4, -0.2) is 24.4 Å². The number of carbonyl (C=O) groups excluding carboxylic acids is 1. The van der Waals surface area contributed by atoms with Crippen molar-refractivity contribution in [3.05, 3.63) is 29.1 Å². The monoisotopic (exact) mass is 302 g/mol. The van der Waals surface area contributed by atoms with Crippen molar-refractivity contribution in [2.45, 2.75) is 32.1 Å². The maximum absolute atomic E-state index is 12.7. The molecular weight excluding hydrogens is 280 g/mol. The topological polar surface area (TPSA) is 46.3 Å². The lowest BCUT2D eigenvalue weighted by atomic mass is 9.89. The van der Waals surface area contributed by atoms with Crippen molar-refractivity contribution in [2.24, 2.45) is 5.92 Å². The standard InChI is InChI=1S/C17H22N2OS/c1-19(11-12-7-3-2-4-8-12)17(20)16-15(18)13-9-5-6-10-14(13)21-16/h5-6,9-10,12H,2-4,7-8,11,18H2,1H3. The van der Waals surface area contributed by atoms with Crippen molar-refractivity contribution in [3.63, 3.8) is 0 Å². The fraction of sp³-hybridized carbons (Fsp3) is 0.471. The fourth-order valence-electron chi connectivity index (χ4n) is 3.24. The van der Waals surface area contributed by atoms with E-state index in [-0.39, 0.29) is 5.91 Å². The maximum Gasteiger partial charge on any atom is 0.265 e. The number of thiophene rings is 1. The van der Waals surface area contributed by atoms with Crippen LogP contribution in [-0.2, 0) is 0 Å². The summed E-state index contributed by atoms with van der Waals surface area (Å²) in [6.45, 7) is 0.854. The predicted octanol–water partition coefficient (Wildman–Crippen LogP) is 4.14. The number of amides is 1. The second kappa shape index (κ2) is 6.06. The Morgan fingerprint density at radius 1 is 1.29 bits per heavy atom. The summed E-state index contributed by atoms with van der Waals surface area (Å²) < 4.78 is 1.09. The van der Waals surface area contributed by atoms with Gasteiger partial charge in [-0.3, -0.25) is 4.79 Å². The first-order valence-electron chi connectivity index (χ1n) is 7.69. The SMILES string of the molecule is CN(CC1CCCCC1)C(=O)c1sc2ccccc2c1N. The molecule has 0 unspecified atom stereocenters. The van der Waals surface area contributed by atoms with Gasteiger partial charge in [-0.15, -0.1) is 11.3 Å². The molecule has 1 saturated carbocycles. The van der Waals surface area contributed by atoms with Crippen LogP contribution in [0.2, 0.25) is 0 Å². The van der Waals surface area contributed by atoms with Gasteiger partial charge in [0.05, 0.1) is 5.69 Å². The number of anilines is 1. The highest BCUT2D eigenvalue weighted by molar-refractivity contribution is 7.21. The predicted molar refractivity (Wildman–Crippen MR) is 89.8 cm³/mol. The number of nitrogens with two attached hydrogens (primary N) is 1. The second-order valence-corrected chi connectivity index (χ2v) is 7.08. The van der Waals surface area contributed by atoms with Gasteiger partial charge in [0.25, 0.3) is 5.91 Å². The van der Waals surface area contributed by atoms with E-state index >= 15 is 0 Å². The molecule has 0 saturated heterocycles. The number of benzene rings is 1. The van der Waals surface area contributed by atoms with Crippen molar-refractivity contribution in [2.75, 3.05) is 19.3 Å². The first-order valence-corrected chi connectivity index (χ1v) is 8.51. The zero-order chi connectivity index (χ0) is 14.8. The van der Waals surface area contributed by atoms with Crippen LogP contribution < -0.4 is 5.73 Å². The molecule has 112 valence electrons. The quantitative estimate of drug-likeness (QED) is 0.926. The summed E-state index contributed by atoms with van der Waals surface area (Å²) in [6, 6.07) is 7.96. The number of rotatable bonds is 3. The van der Waals surface area contributed by atoms with Gasteiger partial charge < -0.3 is 10.6 Å². The van der Waals surface area contributed by atoms with Gasteiger partial charge in [0.1, 0.15) is 4.88 Å². The Bertz CT molecular complexity index is 643. The van der Waals surface area contributed by atoms with Crippen molar-refractivity contribution in [1.29, 1.82) is 0 Å². The number of fused-ring (bicyclic) bond motifs is 1. The molecule has 1 aliphatic rings. The summed E-state index contributed by atoms with van der Waals surface area (Å²) in [4.78, 5) is 15.2. The highest BCUT2D eigenvalue weighted by Crippen LogP contribution is 2.34. The van der Waals surface area contributed by atoms with E-state index in [1.165, 1.54) is 43.4 Å². The number of hydrogen-bond acceptors (Lipinski definition) is 3. The zero-order valence-corrected chi connectivity index (χ0v) is 13.3. The lowest BCUT2D eigenvalue weighted by molar-refractivity contribution is 0.0766. The van der Waals surface area contributed by atoms with E-state index in [1.807, 2.05) is 36.2 Å². The van der Waals surface area contributed by atoms with E-state index in [9.17, 15) is 4.79 Å². The smallest absolute Gasteiger partial charge is 0.265 e. The van der Waals surface area contributed by atoms with E-state index in [0.29, 0.717) is 16.5 Å². The molecule has 1 amide bonds. The van der Waals surface area contributed by atoms with Crippen LogP contribution in [0.1, 0.15) is 41.8 Å². The van der Waals surface area contributed by atoms with E-state index in [2.05, 4.69) is 0 Å². The number of nitrogens with zero attached hydrogens (tertiary/aromatic N) is 1. The Morgan fingerprint density at radius 2 is 2.00 bits per heavy atom. The minimum absolute atomic E-state index is 0.0688. The third-order valence-electron chi connectivity index (χ3n) is 4.43. The summed E-state index contributed by atoms with van der Waals surface area (Å²) in [5, 5.41) is 0.997. The molecule has 4 heteroatoms. The molecule has 21 heavy (non-hydrogen) atoms. The highest BCUT2D eigenvalue weighted by atomic mass is 32.1. The van der Waals surface area contributed by atoms with Crippen LogP contribution in [0.15, 0.2) is 24.3 Å². The molecule has 1 fully saturated rings. The van der Waals surface area contributed by atoms with Gasteiger partial charge in [0.15, 0.2) is 0 Å². The van der Waals surface area contributed by atoms with Gasteiger partial charge in [-0.2, -0.15) is 0 Å². The first-order chi connectivity index (χ1) is 10.2. The lowest BCUT2D eigenvalue weighted by Gasteiger charge is -2.26. The third kappa shape index (κ3) is 2.91. The van der Waals surface area contributed by atoms with Crippen LogP contribution in [0, 0.1) is 5.92 Å². The van der Waals surface area contributed by atoms with E-state index in [0.717, 1.165) is 16.6 Å². The Labute approximate surface area is 129 Å². The molecule has 2 aromatic rings. The Hall–Kier alpha value is -1.55. The molecule has 3 rings (SSSR count). The molecule has 1 aliphatic carbocycles. The van der Waals surface area contributed by atoms with E-state index < -0.39 is 0 Å². The van der Waals surface area contributed by atoms with Crippen LogP contribution in [0.4, 0.5) is 5.69 Å². The van der Waals surface area contributed by atoms with Gasteiger partial charge in [-0.25, -0.2) is 0 Å². The second-order valence-electron chi connectivity index (χ2n) is 6.03. The number of hydrogen-bond donors (Lipinski definition) is 1. The molecule has 0 atom stereocenters. The van der Waals surface area contributed by atoms with Crippen molar-refractivity contribution < 1.29 is 4.79 Å². The molecule has 1 aromatic carbocycles. The van der Waals surface area contributed by atoms with Crippen LogP contribution in [0.25, 0.3) is 10.1 Å². The summed E-state index contributed by atoms with van der Waals surface area (Å²) in [6.07, 6.45) is 6.45. The minimum atomic E-state index is 0.0688. The summed E-state index contributed by atoms with van der Waals surface area (Å²) in [5.74, 6) is 0.725. The molecule has 3 nitrogen and oxygen atoms in total. The largest absolute Gasteiger partial charge is 0.397 e. The summed E-state index contributed by atoms with van der Waals surface area (Å²) in [5.41, 5.74) is 6.81. The normalized spacial score (nSPS) is 16.2. The minimum Gasteiger partial charge on any atom is -0.397 e. The van der Waals surface area contributed by atoms with Crippen molar-refractivity contribution >= 4 is 33.0 Å². The van der Waals surface area contributed by atoms with Crippen LogP contribution in [0.5, 0.6) is 0 Å². The average molecular weight is 302 g/mol. The van der Waals surface area contributed by atoms with Gasteiger partial charge in [0, 0.05) is 23.7 Å². The lowest BCUT2D eigenvalue weighted by Crippen LogP contribution is -2.32. The summed E-state index contributed by atoms with van der Waals surface area (Å²) in [7, 11) is 1.90. The molecule has 0 radical (unpaired) electrons. The molecule has 0 spiro atoms. The van der Waals surface area contributed by atoms with Gasteiger partial charge in [0.2, 0.25) is 0 Å². The third-order valence-corrected chi connectivity index (χ3v) is 5.61. The highest BCUT2D eigenvalue weighted by Gasteiger charge is 2.22. The first kappa shape index (κ1) is 14.4. The molecule has 0 aliphatic heterocycles. The van der Waals surface area contributed by atoms with Crippen molar-refractivity contribution in [3.8, 4) is 0 Å². The van der Waals surface area contributed by atoms with E-state index in [4.69, 9.17) is 5.73 Å². The molecule has 0 bridgehead atoms. The van der Waals surface area contributed by atoms with Crippen LogP contribution >= 0.6 is 11.3 Å². The molecule has 2 N–H and O–H groups in total.